The standard InChI is InChI=1S/C12H20N2O/c1-3-12(13)10-4-6-11(7-5-10)14(2)8-9-15/h4-7,12,15H,3,8-9,13H2,1-2H3. The lowest BCUT2D eigenvalue weighted by molar-refractivity contribution is 0.304. The first-order valence-electron chi connectivity index (χ1n) is 5.36. The molecule has 1 unspecified atom stereocenters. The van der Waals surface area contributed by atoms with Crippen LogP contribution in [0.4, 0.5) is 5.69 Å². The zero-order chi connectivity index (χ0) is 11.3. The Morgan fingerprint density at radius 3 is 2.40 bits per heavy atom. The minimum absolute atomic E-state index is 0.127. The molecular formula is C12H20N2O. The Kier molecular flexibility index (Phi) is 4.59. The normalized spacial score (nSPS) is 12.5. The van der Waals surface area contributed by atoms with Gasteiger partial charge in [0.15, 0.2) is 0 Å². The quantitative estimate of drug-likeness (QED) is 0.771. The monoisotopic (exact) mass is 208 g/mol. The molecule has 15 heavy (non-hydrogen) atoms. The molecule has 3 nitrogen and oxygen atoms in total. The maximum absolute atomic E-state index is 8.82. The van der Waals surface area contributed by atoms with Crippen LogP contribution in [0.25, 0.3) is 0 Å². The van der Waals surface area contributed by atoms with E-state index in [1.165, 1.54) is 5.56 Å². The molecule has 3 N–H and O–H groups in total. The summed E-state index contributed by atoms with van der Waals surface area (Å²) in [6.07, 6.45) is 0.950. The number of nitrogens with two attached hydrogens (primary N) is 1. The summed E-state index contributed by atoms with van der Waals surface area (Å²) in [6.45, 7) is 2.91. The number of aliphatic hydroxyl groups is 1. The van der Waals surface area contributed by atoms with E-state index in [0.29, 0.717) is 6.54 Å². The molecule has 0 heterocycles. The number of hydrogen-bond acceptors (Lipinski definition) is 3. The minimum atomic E-state index is 0.127. The van der Waals surface area contributed by atoms with Gasteiger partial charge in [0.2, 0.25) is 0 Å². The number of anilines is 1. The summed E-state index contributed by atoms with van der Waals surface area (Å²) in [7, 11) is 1.96. The molecule has 3 heteroatoms. The molecule has 0 bridgehead atoms. The molecule has 0 aliphatic heterocycles. The maximum Gasteiger partial charge on any atom is 0.0606 e. The summed E-state index contributed by atoms with van der Waals surface area (Å²) >= 11 is 0. The van der Waals surface area contributed by atoms with Crippen LogP contribution in [-0.4, -0.2) is 25.3 Å². The summed E-state index contributed by atoms with van der Waals surface area (Å²) in [5, 5.41) is 8.82. The van der Waals surface area contributed by atoms with Gasteiger partial charge in [-0.1, -0.05) is 19.1 Å². The molecule has 1 atom stereocenters. The van der Waals surface area contributed by atoms with Crippen molar-refractivity contribution >= 4 is 5.69 Å². The highest BCUT2D eigenvalue weighted by Gasteiger charge is 2.04. The van der Waals surface area contributed by atoms with Crippen LogP contribution >= 0.6 is 0 Å². The van der Waals surface area contributed by atoms with Crippen molar-refractivity contribution in [3.05, 3.63) is 29.8 Å². The number of benzene rings is 1. The van der Waals surface area contributed by atoms with Crippen molar-refractivity contribution in [1.82, 2.24) is 0 Å². The number of nitrogens with zero attached hydrogens (tertiary/aromatic N) is 1. The predicted octanol–water partition coefficient (Wildman–Crippen LogP) is 1.52. The zero-order valence-electron chi connectivity index (χ0n) is 9.48. The highest BCUT2D eigenvalue weighted by molar-refractivity contribution is 5.47. The van der Waals surface area contributed by atoms with E-state index in [-0.39, 0.29) is 12.6 Å². The van der Waals surface area contributed by atoms with E-state index in [4.69, 9.17) is 10.8 Å². The molecule has 0 radical (unpaired) electrons. The van der Waals surface area contributed by atoms with Crippen molar-refractivity contribution in [2.45, 2.75) is 19.4 Å². The first kappa shape index (κ1) is 12.0. The molecule has 1 aromatic rings. The molecular weight excluding hydrogens is 188 g/mol. The molecule has 0 spiro atoms. The summed E-state index contributed by atoms with van der Waals surface area (Å²) in [4.78, 5) is 2.02. The van der Waals surface area contributed by atoms with Gasteiger partial charge in [-0.3, -0.25) is 0 Å². The molecule has 0 saturated heterocycles. The number of rotatable bonds is 5. The zero-order valence-corrected chi connectivity index (χ0v) is 9.48. The molecule has 0 aliphatic carbocycles. The Hall–Kier alpha value is -1.06. The topological polar surface area (TPSA) is 49.5 Å². The molecule has 0 saturated carbocycles. The van der Waals surface area contributed by atoms with Gasteiger partial charge in [-0.15, -0.1) is 0 Å². The third-order valence-corrected chi connectivity index (χ3v) is 2.64. The van der Waals surface area contributed by atoms with Crippen molar-refractivity contribution < 1.29 is 5.11 Å². The van der Waals surface area contributed by atoms with Gasteiger partial charge in [-0.25, -0.2) is 0 Å². The Morgan fingerprint density at radius 2 is 1.93 bits per heavy atom. The predicted molar refractivity (Wildman–Crippen MR) is 64.0 cm³/mol. The van der Waals surface area contributed by atoms with Gasteiger partial charge in [-0.2, -0.15) is 0 Å². The van der Waals surface area contributed by atoms with E-state index in [1.807, 2.05) is 24.1 Å². The first-order chi connectivity index (χ1) is 7.19. The molecule has 0 aliphatic rings. The largest absolute Gasteiger partial charge is 0.395 e. The lowest BCUT2D eigenvalue weighted by Gasteiger charge is -2.18. The van der Waals surface area contributed by atoms with Gasteiger partial charge in [0.05, 0.1) is 6.61 Å². The van der Waals surface area contributed by atoms with Crippen molar-refractivity contribution in [1.29, 1.82) is 0 Å². The molecule has 1 rings (SSSR count). The summed E-state index contributed by atoms with van der Waals surface area (Å²) in [5.74, 6) is 0. The second-order valence-corrected chi connectivity index (χ2v) is 3.75. The third-order valence-electron chi connectivity index (χ3n) is 2.64. The van der Waals surface area contributed by atoms with Gasteiger partial charge in [-0.05, 0) is 24.1 Å². The van der Waals surface area contributed by atoms with Crippen LogP contribution < -0.4 is 10.6 Å². The highest BCUT2D eigenvalue weighted by atomic mass is 16.3. The van der Waals surface area contributed by atoms with E-state index >= 15 is 0 Å². The second kappa shape index (κ2) is 5.73. The summed E-state index contributed by atoms with van der Waals surface area (Å²) in [5.41, 5.74) is 8.20. The van der Waals surface area contributed by atoms with Crippen LogP contribution in [0.1, 0.15) is 24.9 Å². The Bertz CT molecular complexity index is 284. The summed E-state index contributed by atoms with van der Waals surface area (Å²) in [6, 6.07) is 8.32. The van der Waals surface area contributed by atoms with Gasteiger partial charge >= 0.3 is 0 Å². The minimum Gasteiger partial charge on any atom is -0.395 e. The van der Waals surface area contributed by atoms with Crippen molar-refractivity contribution in [3.8, 4) is 0 Å². The van der Waals surface area contributed by atoms with Crippen molar-refractivity contribution in [2.24, 2.45) is 5.73 Å². The van der Waals surface area contributed by atoms with Crippen LogP contribution in [0.15, 0.2) is 24.3 Å². The van der Waals surface area contributed by atoms with Crippen LogP contribution in [0, 0.1) is 0 Å². The lowest BCUT2D eigenvalue weighted by atomic mass is 10.1. The summed E-state index contributed by atoms with van der Waals surface area (Å²) < 4.78 is 0. The number of likely N-dealkylation sites (N-methyl/N-ethyl adjacent to an activating group) is 1. The van der Waals surface area contributed by atoms with Crippen LogP contribution in [-0.2, 0) is 0 Å². The Labute approximate surface area is 91.5 Å². The first-order valence-corrected chi connectivity index (χ1v) is 5.36. The van der Waals surface area contributed by atoms with Gasteiger partial charge in [0.1, 0.15) is 0 Å². The van der Waals surface area contributed by atoms with E-state index in [9.17, 15) is 0 Å². The van der Waals surface area contributed by atoms with Gasteiger partial charge in [0, 0.05) is 25.3 Å². The Balaban J connectivity index is 2.71. The molecule has 84 valence electrons. The van der Waals surface area contributed by atoms with E-state index in [2.05, 4.69) is 19.1 Å². The number of aliphatic hydroxyl groups excluding tert-OH is 1. The Morgan fingerprint density at radius 1 is 1.33 bits per heavy atom. The third kappa shape index (κ3) is 3.22. The van der Waals surface area contributed by atoms with E-state index < -0.39 is 0 Å². The molecule has 0 amide bonds. The lowest BCUT2D eigenvalue weighted by Crippen LogP contribution is -2.21. The van der Waals surface area contributed by atoms with Crippen LogP contribution in [0.5, 0.6) is 0 Å². The molecule has 0 aromatic heterocycles. The van der Waals surface area contributed by atoms with Crippen molar-refractivity contribution in [2.75, 3.05) is 25.1 Å². The van der Waals surface area contributed by atoms with E-state index in [0.717, 1.165) is 12.1 Å². The second-order valence-electron chi connectivity index (χ2n) is 3.75. The SMILES string of the molecule is CCC(N)c1ccc(N(C)CCO)cc1. The maximum atomic E-state index is 8.82. The average Bonchev–Trinajstić information content (AvgIpc) is 2.28. The molecule has 1 aromatic carbocycles. The fraction of sp³-hybridized carbons (Fsp3) is 0.500. The average molecular weight is 208 g/mol. The highest BCUT2D eigenvalue weighted by Crippen LogP contribution is 2.18. The van der Waals surface area contributed by atoms with E-state index in [1.54, 1.807) is 0 Å². The fourth-order valence-corrected chi connectivity index (χ4v) is 1.49. The molecule has 0 fully saturated rings. The smallest absolute Gasteiger partial charge is 0.0606 e. The van der Waals surface area contributed by atoms with Gasteiger partial charge in [0.25, 0.3) is 0 Å². The van der Waals surface area contributed by atoms with Crippen LogP contribution in [0.2, 0.25) is 0 Å². The number of hydrogen-bond donors (Lipinski definition) is 2. The van der Waals surface area contributed by atoms with Crippen LogP contribution in [0.3, 0.4) is 0 Å². The fourth-order valence-electron chi connectivity index (χ4n) is 1.49. The van der Waals surface area contributed by atoms with Crippen molar-refractivity contribution in [3.63, 3.8) is 0 Å². The van der Waals surface area contributed by atoms with Gasteiger partial charge < -0.3 is 15.7 Å².